The van der Waals surface area contributed by atoms with Crippen molar-refractivity contribution in [3.63, 3.8) is 0 Å². The topological polar surface area (TPSA) is 26.3 Å². The van der Waals surface area contributed by atoms with Crippen LogP contribution in [0.15, 0.2) is 12.2 Å². The molecule has 0 aliphatic rings. The van der Waals surface area contributed by atoms with Crippen molar-refractivity contribution in [3.05, 3.63) is 12.2 Å². The molecule has 0 heterocycles. The third kappa shape index (κ3) is 5.01. The molecule has 0 radical (unpaired) electrons. The fourth-order valence-corrected chi connectivity index (χ4v) is 1.61. The molecule has 15 heavy (non-hydrogen) atoms. The quantitative estimate of drug-likeness (QED) is 0.475. The van der Waals surface area contributed by atoms with Crippen LogP contribution in [0.5, 0.6) is 0 Å². The summed E-state index contributed by atoms with van der Waals surface area (Å²) in [7, 11) is 0. The van der Waals surface area contributed by atoms with Crippen molar-refractivity contribution in [1.82, 2.24) is 0 Å². The second kappa shape index (κ2) is 7.49. The van der Waals surface area contributed by atoms with E-state index in [1.807, 2.05) is 6.92 Å². The summed E-state index contributed by atoms with van der Waals surface area (Å²) in [6.45, 7) is 11.9. The normalized spacial score (nSPS) is 14.4. The van der Waals surface area contributed by atoms with Gasteiger partial charge in [0.1, 0.15) is 6.10 Å². The minimum atomic E-state index is -0.229. The molecule has 88 valence electrons. The minimum absolute atomic E-state index is 0.0424. The first kappa shape index (κ1) is 14.2. The Balaban J connectivity index is 4.20. The molecule has 0 aromatic heterocycles. The van der Waals surface area contributed by atoms with Crippen LogP contribution in [0, 0.1) is 5.92 Å². The second-order valence-electron chi connectivity index (χ2n) is 4.08. The average Bonchev–Trinajstić information content (AvgIpc) is 2.24. The van der Waals surface area contributed by atoms with Crippen LogP contribution in [-0.2, 0) is 9.53 Å². The van der Waals surface area contributed by atoms with Crippen LogP contribution in [0.4, 0.5) is 0 Å². The number of esters is 1. The largest absolute Gasteiger partial charge is 0.459 e. The number of rotatable bonds is 7. The van der Waals surface area contributed by atoms with Crippen LogP contribution >= 0.6 is 0 Å². The molecule has 0 rings (SSSR count). The van der Waals surface area contributed by atoms with Crippen LogP contribution in [0.1, 0.15) is 53.4 Å². The molecule has 0 amide bonds. The van der Waals surface area contributed by atoms with E-state index in [1.165, 1.54) is 0 Å². The maximum atomic E-state index is 11.5. The average molecular weight is 212 g/mol. The predicted octanol–water partition coefficient (Wildman–Crippen LogP) is 3.71. The van der Waals surface area contributed by atoms with Gasteiger partial charge < -0.3 is 4.74 Å². The van der Waals surface area contributed by atoms with Crippen molar-refractivity contribution in [2.24, 2.45) is 5.92 Å². The lowest BCUT2D eigenvalue weighted by Gasteiger charge is -2.22. The van der Waals surface area contributed by atoms with Crippen LogP contribution in [0.2, 0.25) is 0 Å². The first-order chi connectivity index (χ1) is 7.06. The fraction of sp³-hybridized carbons (Fsp3) is 0.769. The summed E-state index contributed by atoms with van der Waals surface area (Å²) in [6.07, 6.45) is 3.82. The highest BCUT2D eigenvalue weighted by Gasteiger charge is 2.19. The number of hydrogen-bond donors (Lipinski definition) is 0. The molecular formula is C13H24O2. The molecule has 0 fully saturated rings. The van der Waals surface area contributed by atoms with Crippen molar-refractivity contribution in [2.75, 3.05) is 0 Å². The smallest absolute Gasteiger partial charge is 0.333 e. The van der Waals surface area contributed by atoms with E-state index in [0.717, 1.165) is 19.3 Å². The van der Waals surface area contributed by atoms with Crippen molar-refractivity contribution in [1.29, 1.82) is 0 Å². The lowest BCUT2D eigenvalue weighted by molar-refractivity contribution is -0.147. The Morgan fingerprint density at radius 1 is 1.33 bits per heavy atom. The monoisotopic (exact) mass is 212 g/mol. The second-order valence-corrected chi connectivity index (χ2v) is 4.08. The van der Waals surface area contributed by atoms with Gasteiger partial charge in [-0.3, -0.25) is 0 Å². The van der Waals surface area contributed by atoms with Gasteiger partial charge in [0.2, 0.25) is 0 Å². The molecule has 2 nitrogen and oxygen atoms in total. The van der Waals surface area contributed by atoms with Crippen molar-refractivity contribution in [2.45, 2.75) is 59.5 Å². The zero-order chi connectivity index (χ0) is 11.8. The number of hydrogen-bond acceptors (Lipinski definition) is 2. The van der Waals surface area contributed by atoms with Crippen LogP contribution < -0.4 is 0 Å². The summed E-state index contributed by atoms with van der Waals surface area (Å²) in [6, 6.07) is 0. The molecular weight excluding hydrogens is 188 g/mol. The Bertz CT molecular complexity index is 209. The Kier molecular flexibility index (Phi) is 7.10. The molecule has 2 heteroatoms. The van der Waals surface area contributed by atoms with Crippen LogP contribution in [-0.4, -0.2) is 12.1 Å². The maximum Gasteiger partial charge on any atom is 0.333 e. The van der Waals surface area contributed by atoms with Gasteiger partial charge >= 0.3 is 5.97 Å². The van der Waals surface area contributed by atoms with Gasteiger partial charge in [0.05, 0.1) is 0 Å². The van der Waals surface area contributed by atoms with Gasteiger partial charge in [-0.05, 0) is 25.2 Å². The van der Waals surface area contributed by atoms with Gasteiger partial charge in [-0.2, -0.15) is 0 Å². The molecule has 0 N–H and O–H groups in total. The first-order valence-corrected chi connectivity index (χ1v) is 5.95. The van der Waals surface area contributed by atoms with Gasteiger partial charge in [-0.15, -0.1) is 0 Å². The van der Waals surface area contributed by atoms with E-state index in [9.17, 15) is 4.79 Å². The zero-order valence-corrected chi connectivity index (χ0v) is 10.5. The molecule has 0 aromatic carbocycles. The Morgan fingerprint density at radius 3 is 2.33 bits per heavy atom. The molecule has 2 unspecified atom stereocenters. The van der Waals surface area contributed by atoms with Gasteiger partial charge in [0.25, 0.3) is 0 Å². The lowest BCUT2D eigenvalue weighted by Crippen LogP contribution is -2.25. The summed E-state index contributed by atoms with van der Waals surface area (Å²) in [5.74, 6) is 0.209. The molecule has 0 saturated heterocycles. The van der Waals surface area contributed by atoms with E-state index in [4.69, 9.17) is 4.74 Å². The Hall–Kier alpha value is -0.790. The molecule has 0 aromatic rings. The number of carbonyl (C=O) groups excluding carboxylic acids is 1. The standard InChI is InChI=1S/C13H24O2/c1-6-9-11(5)12(8-3)15-13(14)10(4)7-2/h11-12H,4,6-9H2,1-3,5H3. The minimum Gasteiger partial charge on any atom is -0.459 e. The highest BCUT2D eigenvalue weighted by molar-refractivity contribution is 5.87. The Morgan fingerprint density at radius 2 is 1.93 bits per heavy atom. The molecule has 0 spiro atoms. The highest BCUT2D eigenvalue weighted by atomic mass is 16.5. The molecule has 2 atom stereocenters. The van der Waals surface area contributed by atoms with E-state index in [0.29, 0.717) is 17.9 Å². The number of ether oxygens (including phenoxy) is 1. The number of carbonyl (C=O) groups is 1. The zero-order valence-electron chi connectivity index (χ0n) is 10.5. The van der Waals surface area contributed by atoms with Crippen LogP contribution in [0.25, 0.3) is 0 Å². The third-order valence-electron chi connectivity index (χ3n) is 2.75. The van der Waals surface area contributed by atoms with Crippen LogP contribution in [0.3, 0.4) is 0 Å². The van der Waals surface area contributed by atoms with E-state index in [-0.39, 0.29) is 12.1 Å². The summed E-state index contributed by atoms with van der Waals surface area (Å²) >= 11 is 0. The summed E-state index contributed by atoms with van der Waals surface area (Å²) in [5.41, 5.74) is 0.567. The highest BCUT2D eigenvalue weighted by Crippen LogP contribution is 2.18. The first-order valence-electron chi connectivity index (χ1n) is 5.95. The molecule has 0 saturated carbocycles. The van der Waals surface area contributed by atoms with E-state index < -0.39 is 0 Å². The SMILES string of the molecule is C=C(CC)C(=O)OC(CC)C(C)CCC. The van der Waals surface area contributed by atoms with Gasteiger partial charge in [-0.25, -0.2) is 4.79 Å². The van der Waals surface area contributed by atoms with E-state index >= 15 is 0 Å². The molecule has 0 bridgehead atoms. The predicted molar refractivity (Wildman–Crippen MR) is 63.7 cm³/mol. The summed E-state index contributed by atoms with van der Waals surface area (Å²) in [4.78, 5) is 11.5. The maximum absolute atomic E-state index is 11.5. The van der Waals surface area contributed by atoms with Crippen molar-refractivity contribution in [3.8, 4) is 0 Å². The molecule has 0 aliphatic heterocycles. The fourth-order valence-electron chi connectivity index (χ4n) is 1.61. The van der Waals surface area contributed by atoms with Gasteiger partial charge in [0, 0.05) is 5.57 Å². The molecule has 0 aliphatic carbocycles. The Labute approximate surface area is 93.7 Å². The van der Waals surface area contributed by atoms with Crippen molar-refractivity contribution >= 4 is 5.97 Å². The summed E-state index contributed by atoms with van der Waals surface area (Å²) in [5, 5.41) is 0. The van der Waals surface area contributed by atoms with Gasteiger partial charge in [0.15, 0.2) is 0 Å². The van der Waals surface area contributed by atoms with Gasteiger partial charge in [-0.1, -0.05) is 40.7 Å². The lowest BCUT2D eigenvalue weighted by atomic mass is 9.97. The third-order valence-corrected chi connectivity index (χ3v) is 2.75. The van der Waals surface area contributed by atoms with Crippen molar-refractivity contribution < 1.29 is 9.53 Å². The van der Waals surface area contributed by atoms with E-state index in [1.54, 1.807) is 0 Å². The van der Waals surface area contributed by atoms with E-state index in [2.05, 4.69) is 27.4 Å². The summed E-state index contributed by atoms with van der Waals surface area (Å²) < 4.78 is 5.43.